The minimum atomic E-state index is -5.26. The Hall–Kier alpha value is -3.69. The first kappa shape index (κ1) is 39.5. The number of carboxylic acids is 1. The zero-order valence-corrected chi connectivity index (χ0v) is 27.8. The topological polar surface area (TPSA) is 180 Å². The lowest BCUT2D eigenvalue weighted by Gasteiger charge is -2.33. The molecule has 2 rings (SSSR count). The Labute approximate surface area is 271 Å². The number of β-amino-alcohol motifs (C(OH)–C–C–N with tert-alkyl or cyclic N) is 1. The maximum atomic E-state index is 13.1. The molecule has 0 aromatic heterocycles. The van der Waals surface area contributed by atoms with Gasteiger partial charge >= 0.3 is 30.2 Å². The van der Waals surface area contributed by atoms with Crippen LogP contribution in [0, 0.1) is 5.92 Å². The highest BCUT2D eigenvalue weighted by molar-refractivity contribution is 6.01. The second-order valence-corrected chi connectivity index (χ2v) is 13.9. The van der Waals surface area contributed by atoms with Crippen molar-refractivity contribution in [3.05, 3.63) is 12.2 Å². The Balaban J connectivity index is 2.05. The Morgan fingerprint density at radius 1 is 0.979 bits per heavy atom. The number of unbranched alkanes of at least 4 members (excludes halogenated alkanes) is 3. The number of carbonyl (C=O) groups is 6. The van der Waals surface area contributed by atoms with Crippen LogP contribution in [0.25, 0.3) is 0 Å². The molecule has 2 aliphatic rings. The summed E-state index contributed by atoms with van der Waals surface area (Å²) in [6, 6.07) is -3.08. The van der Waals surface area contributed by atoms with Crippen molar-refractivity contribution in [3.63, 3.8) is 0 Å². The molecular formula is C31H46F3N3O10. The van der Waals surface area contributed by atoms with Gasteiger partial charge in [0.15, 0.2) is 5.78 Å². The van der Waals surface area contributed by atoms with Gasteiger partial charge in [-0.1, -0.05) is 25.0 Å². The minimum absolute atomic E-state index is 0.155. The van der Waals surface area contributed by atoms with E-state index in [0.29, 0.717) is 19.3 Å². The molecule has 1 saturated carbocycles. The van der Waals surface area contributed by atoms with Crippen LogP contribution in [-0.2, 0) is 28.7 Å². The molecule has 3 N–H and O–H groups in total. The third kappa shape index (κ3) is 10.9. The molecule has 0 unspecified atom stereocenters. The number of hydrogen-bond acceptors (Lipinski definition) is 9. The van der Waals surface area contributed by atoms with Crippen LogP contribution in [-0.4, -0.2) is 103 Å². The highest BCUT2D eigenvalue weighted by atomic mass is 19.4. The van der Waals surface area contributed by atoms with E-state index in [1.165, 1.54) is 6.92 Å². The van der Waals surface area contributed by atoms with E-state index < -0.39 is 82.8 Å². The van der Waals surface area contributed by atoms with E-state index in [1.54, 1.807) is 59.0 Å². The van der Waals surface area contributed by atoms with Gasteiger partial charge in [-0.15, -0.1) is 0 Å². The maximum Gasteiger partial charge on any atom is 0.471 e. The number of hydrogen-bond donors (Lipinski definition) is 3. The summed E-state index contributed by atoms with van der Waals surface area (Å²) in [5.74, 6) is -5.74. The van der Waals surface area contributed by atoms with Gasteiger partial charge in [0.25, 0.3) is 0 Å². The standard InChI is InChI=1S/C31H46F3N3O10/c1-18(38)30(37(26(44)46-28(2,3)4)27(45)47-29(5,6)7)16-19(30)13-11-9-8-10-12-14-21(35-25(43)31(32,33)34)23(40)36-17-20(39)15-22(36)24(41)42/h11,13,19-22,39H,8-10,12,14-17H2,1-7H3,(H,35,43)(H,41,42)/b13-11-/t19-,20-,21+,22+,30+/m1/s1. The quantitative estimate of drug-likeness (QED) is 0.201. The predicted molar refractivity (Wildman–Crippen MR) is 160 cm³/mol. The molecule has 5 atom stereocenters. The molecule has 13 nitrogen and oxygen atoms in total. The summed E-state index contributed by atoms with van der Waals surface area (Å²) in [6.45, 7) is 10.6. The SMILES string of the molecule is CC(=O)[C@@]1(N(C(=O)OC(C)(C)C)C(=O)OC(C)(C)C)C[C@H]1/C=C\CCCCC[C@H](NC(=O)C(F)(F)F)C(=O)N1C[C@H](O)C[C@H]1C(=O)O. The first-order valence-electron chi connectivity index (χ1n) is 15.4. The van der Waals surface area contributed by atoms with Gasteiger partial charge in [0, 0.05) is 18.9 Å². The van der Waals surface area contributed by atoms with E-state index >= 15 is 0 Å². The Bertz CT molecular complexity index is 1210. The number of rotatable bonds is 12. The van der Waals surface area contributed by atoms with Crippen LogP contribution in [0.5, 0.6) is 0 Å². The molecule has 266 valence electrons. The summed E-state index contributed by atoms with van der Waals surface area (Å²) in [5.41, 5.74) is -3.41. The molecule has 0 radical (unpaired) electrons. The number of aliphatic hydroxyl groups is 1. The van der Waals surface area contributed by atoms with Crippen molar-refractivity contribution in [2.24, 2.45) is 5.92 Å². The van der Waals surface area contributed by atoms with Crippen LogP contribution in [0.2, 0.25) is 0 Å². The van der Waals surface area contributed by atoms with E-state index in [4.69, 9.17) is 9.47 Å². The van der Waals surface area contributed by atoms with Gasteiger partial charge in [0.1, 0.15) is 28.8 Å². The molecule has 0 aromatic carbocycles. The Morgan fingerprint density at radius 3 is 2.00 bits per heavy atom. The molecule has 1 aliphatic carbocycles. The summed E-state index contributed by atoms with van der Waals surface area (Å²) in [6.07, 6.45) is -3.82. The number of allylic oxidation sites excluding steroid dienone is 1. The van der Waals surface area contributed by atoms with E-state index in [9.17, 15) is 52.2 Å². The maximum absolute atomic E-state index is 13.1. The zero-order chi connectivity index (χ0) is 36.1. The molecule has 1 aliphatic heterocycles. The number of ether oxygens (including phenoxy) is 2. The average Bonchev–Trinajstić information content (AvgIpc) is 3.46. The number of halogens is 3. The number of alkyl halides is 3. The Kier molecular flexibility index (Phi) is 12.6. The number of nitrogens with zero attached hydrogens (tertiary/aromatic N) is 2. The fourth-order valence-corrected chi connectivity index (χ4v) is 5.38. The molecule has 1 heterocycles. The molecular weight excluding hydrogens is 631 g/mol. The fourth-order valence-electron chi connectivity index (χ4n) is 5.38. The number of imide groups is 1. The fraction of sp³-hybridized carbons (Fsp3) is 0.742. The smallest absolute Gasteiger partial charge is 0.471 e. The van der Waals surface area contributed by atoms with Gasteiger partial charge in [-0.25, -0.2) is 14.4 Å². The molecule has 0 spiro atoms. The van der Waals surface area contributed by atoms with E-state index in [1.807, 2.05) is 0 Å². The van der Waals surface area contributed by atoms with Crippen molar-refractivity contribution in [1.29, 1.82) is 0 Å². The number of aliphatic hydroxyl groups excluding tert-OH is 1. The van der Waals surface area contributed by atoms with Crippen LogP contribution in [0.15, 0.2) is 12.2 Å². The Morgan fingerprint density at radius 2 is 1.53 bits per heavy atom. The van der Waals surface area contributed by atoms with Gasteiger partial charge in [0.05, 0.1) is 6.10 Å². The molecule has 16 heteroatoms. The second-order valence-electron chi connectivity index (χ2n) is 13.9. The van der Waals surface area contributed by atoms with E-state index in [2.05, 4.69) is 0 Å². The molecule has 0 bridgehead atoms. The van der Waals surface area contributed by atoms with Crippen molar-refractivity contribution in [2.45, 2.75) is 135 Å². The highest BCUT2D eigenvalue weighted by Gasteiger charge is 2.66. The molecule has 47 heavy (non-hydrogen) atoms. The zero-order valence-electron chi connectivity index (χ0n) is 27.8. The molecule has 4 amide bonds. The van der Waals surface area contributed by atoms with Crippen LogP contribution < -0.4 is 5.32 Å². The number of Topliss-reactive ketones (excluding diaryl/α,β-unsaturated/α-hetero) is 1. The van der Waals surface area contributed by atoms with Crippen LogP contribution in [0.1, 0.15) is 93.4 Å². The molecule has 2 fully saturated rings. The highest BCUT2D eigenvalue weighted by Crippen LogP contribution is 2.51. The van der Waals surface area contributed by atoms with Crippen molar-refractivity contribution in [2.75, 3.05) is 6.54 Å². The number of amides is 4. The molecule has 1 saturated heterocycles. The lowest BCUT2D eigenvalue weighted by Crippen LogP contribution is -2.54. The minimum Gasteiger partial charge on any atom is -0.480 e. The molecule has 0 aromatic rings. The second kappa shape index (κ2) is 15.0. The summed E-state index contributed by atoms with van der Waals surface area (Å²) >= 11 is 0. The largest absolute Gasteiger partial charge is 0.480 e. The van der Waals surface area contributed by atoms with Crippen LogP contribution >= 0.6 is 0 Å². The first-order chi connectivity index (χ1) is 21.4. The first-order valence-corrected chi connectivity index (χ1v) is 15.4. The van der Waals surface area contributed by atoms with Gasteiger partial charge < -0.3 is 29.9 Å². The number of nitrogens with one attached hydrogen (secondary N) is 1. The van der Waals surface area contributed by atoms with Gasteiger partial charge in [0.2, 0.25) is 5.91 Å². The number of carbonyl (C=O) groups excluding carboxylic acids is 5. The van der Waals surface area contributed by atoms with Crippen LogP contribution in [0.3, 0.4) is 0 Å². The van der Waals surface area contributed by atoms with Crippen LogP contribution in [0.4, 0.5) is 22.8 Å². The normalized spacial score (nSPS) is 23.6. The van der Waals surface area contributed by atoms with Gasteiger partial charge in [-0.05, 0) is 74.1 Å². The summed E-state index contributed by atoms with van der Waals surface area (Å²) < 4.78 is 49.7. The lowest BCUT2D eigenvalue weighted by molar-refractivity contribution is -0.175. The average molecular weight is 678 g/mol. The number of likely N-dealkylation sites (tertiary alicyclic amines) is 1. The third-order valence-electron chi connectivity index (χ3n) is 7.59. The lowest BCUT2D eigenvalue weighted by atomic mass is 10.0. The van der Waals surface area contributed by atoms with Gasteiger partial charge in [-0.2, -0.15) is 18.1 Å². The van der Waals surface area contributed by atoms with Crippen molar-refractivity contribution in [3.8, 4) is 0 Å². The van der Waals surface area contributed by atoms with Crippen molar-refractivity contribution >= 4 is 35.8 Å². The predicted octanol–water partition coefficient (Wildman–Crippen LogP) is 4.11. The van der Waals surface area contributed by atoms with E-state index in [-0.39, 0.29) is 32.2 Å². The summed E-state index contributed by atoms with van der Waals surface area (Å²) in [4.78, 5) is 76.7. The van der Waals surface area contributed by atoms with E-state index in [0.717, 1.165) is 9.80 Å². The number of carboxylic acid groups (broad SMARTS) is 1. The van der Waals surface area contributed by atoms with Crippen molar-refractivity contribution in [1.82, 2.24) is 15.1 Å². The monoisotopic (exact) mass is 677 g/mol. The van der Waals surface area contributed by atoms with Gasteiger partial charge in [-0.3, -0.25) is 14.4 Å². The number of ketones is 1. The van der Waals surface area contributed by atoms with Crippen molar-refractivity contribution < 1.29 is 61.6 Å². The third-order valence-corrected chi connectivity index (χ3v) is 7.59. The number of aliphatic carboxylic acids is 1. The summed E-state index contributed by atoms with van der Waals surface area (Å²) in [5, 5.41) is 20.9. The summed E-state index contributed by atoms with van der Waals surface area (Å²) in [7, 11) is 0.